The normalized spacial score (nSPS) is 23.6. The Morgan fingerprint density at radius 1 is 1.16 bits per heavy atom. The van der Waals surface area contributed by atoms with E-state index in [0.717, 1.165) is 23.9 Å². The minimum Gasteiger partial charge on any atom is -0.375 e. The third-order valence-electron chi connectivity index (χ3n) is 4.48. The van der Waals surface area contributed by atoms with Gasteiger partial charge in [-0.25, -0.2) is 0 Å². The molecule has 3 rings (SSSR count). The van der Waals surface area contributed by atoms with Crippen LogP contribution in [-0.2, 0) is 0 Å². The van der Waals surface area contributed by atoms with Gasteiger partial charge in [0.05, 0.1) is 5.52 Å². The van der Waals surface area contributed by atoms with Gasteiger partial charge in [0.2, 0.25) is 0 Å². The lowest BCUT2D eigenvalue weighted by molar-refractivity contribution is 0.278. The number of anilines is 1. The first-order valence-electron chi connectivity index (χ1n) is 7.45. The molecule has 0 unspecified atom stereocenters. The van der Waals surface area contributed by atoms with E-state index >= 15 is 0 Å². The molecule has 1 heterocycles. The van der Waals surface area contributed by atoms with Crippen LogP contribution in [0.1, 0.15) is 39.0 Å². The van der Waals surface area contributed by atoms with Crippen molar-refractivity contribution in [3.63, 3.8) is 0 Å². The van der Waals surface area contributed by atoms with Gasteiger partial charge >= 0.3 is 0 Å². The van der Waals surface area contributed by atoms with Crippen molar-refractivity contribution >= 4 is 27.4 Å². The van der Waals surface area contributed by atoms with Gasteiger partial charge in [0, 0.05) is 11.9 Å². The summed E-state index contributed by atoms with van der Waals surface area (Å²) in [7, 11) is 0. The van der Waals surface area contributed by atoms with Gasteiger partial charge < -0.3 is 5.32 Å². The highest BCUT2D eigenvalue weighted by atomic mass is 32.1. The molecule has 2 aromatic rings. The maximum atomic E-state index is 4.49. The minimum atomic E-state index is 0.851. The van der Waals surface area contributed by atoms with Crippen LogP contribution in [0.5, 0.6) is 0 Å². The van der Waals surface area contributed by atoms with Crippen molar-refractivity contribution in [1.29, 1.82) is 0 Å². The lowest BCUT2D eigenvalue weighted by atomic mass is 9.81. The molecule has 19 heavy (non-hydrogen) atoms. The van der Waals surface area contributed by atoms with Crippen molar-refractivity contribution in [2.24, 2.45) is 11.8 Å². The number of nitrogens with zero attached hydrogens (tertiary/aromatic N) is 1. The van der Waals surface area contributed by atoms with Crippen molar-refractivity contribution in [2.75, 3.05) is 11.9 Å². The molecular formula is C16H22N2S. The standard InChI is InChI=1S/C16H22N2S/c1-2-12-7-9-13(10-8-12)11-17-16-14-5-3-4-6-15(14)18-19-16/h3-6,12-13,17H,2,7-11H2,1H3. The van der Waals surface area contributed by atoms with E-state index < -0.39 is 0 Å². The van der Waals surface area contributed by atoms with Gasteiger partial charge in [0.1, 0.15) is 5.00 Å². The van der Waals surface area contributed by atoms with Gasteiger partial charge in [0.15, 0.2) is 0 Å². The van der Waals surface area contributed by atoms with E-state index in [1.54, 1.807) is 11.5 Å². The van der Waals surface area contributed by atoms with Crippen LogP contribution in [0.3, 0.4) is 0 Å². The Balaban J connectivity index is 1.58. The predicted octanol–water partition coefficient (Wildman–Crippen LogP) is 4.92. The second kappa shape index (κ2) is 5.91. The van der Waals surface area contributed by atoms with Crippen LogP contribution < -0.4 is 5.32 Å². The molecule has 0 saturated heterocycles. The van der Waals surface area contributed by atoms with Crippen LogP contribution in [0.4, 0.5) is 5.00 Å². The molecule has 1 aromatic carbocycles. The summed E-state index contributed by atoms with van der Waals surface area (Å²) in [5, 5.41) is 6.14. The summed E-state index contributed by atoms with van der Waals surface area (Å²) in [5.74, 6) is 1.84. The van der Waals surface area contributed by atoms with Crippen molar-refractivity contribution in [2.45, 2.75) is 39.0 Å². The summed E-state index contributed by atoms with van der Waals surface area (Å²) in [6.45, 7) is 3.44. The summed E-state index contributed by atoms with van der Waals surface area (Å²) < 4.78 is 4.49. The predicted molar refractivity (Wildman–Crippen MR) is 83.8 cm³/mol. The fourth-order valence-electron chi connectivity index (χ4n) is 3.10. The molecule has 0 radical (unpaired) electrons. The van der Waals surface area contributed by atoms with E-state index in [2.05, 4.69) is 40.9 Å². The Kier molecular flexibility index (Phi) is 4.02. The van der Waals surface area contributed by atoms with Gasteiger partial charge in [0.25, 0.3) is 0 Å². The van der Waals surface area contributed by atoms with Crippen molar-refractivity contribution in [3.05, 3.63) is 24.3 Å². The van der Waals surface area contributed by atoms with Crippen molar-refractivity contribution in [1.82, 2.24) is 4.37 Å². The first-order valence-corrected chi connectivity index (χ1v) is 8.22. The fourth-order valence-corrected chi connectivity index (χ4v) is 3.87. The quantitative estimate of drug-likeness (QED) is 0.855. The number of hydrogen-bond donors (Lipinski definition) is 1. The second-order valence-corrected chi connectivity index (χ2v) is 6.48. The largest absolute Gasteiger partial charge is 0.375 e. The highest BCUT2D eigenvalue weighted by Crippen LogP contribution is 2.32. The molecule has 1 saturated carbocycles. The summed E-state index contributed by atoms with van der Waals surface area (Å²) in [6.07, 6.45) is 6.99. The van der Waals surface area contributed by atoms with Gasteiger partial charge in [-0.05, 0) is 48.3 Å². The third-order valence-corrected chi connectivity index (χ3v) is 5.31. The molecule has 1 fully saturated rings. The van der Waals surface area contributed by atoms with E-state index in [1.807, 2.05) is 0 Å². The van der Waals surface area contributed by atoms with Crippen molar-refractivity contribution < 1.29 is 0 Å². The van der Waals surface area contributed by atoms with E-state index in [0.29, 0.717) is 0 Å². The minimum absolute atomic E-state index is 0.851. The Bertz CT molecular complexity index is 526. The van der Waals surface area contributed by atoms with Crippen LogP contribution in [0.15, 0.2) is 24.3 Å². The van der Waals surface area contributed by atoms with E-state index in [1.165, 1.54) is 42.5 Å². The average molecular weight is 274 g/mol. The SMILES string of the molecule is CCC1CCC(CNc2snc3ccccc23)CC1. The van der Waals surface area contributed by atoms with E-state index in [-0.39, 0.29) is 0 Å². The smallest absolute Gasteiger partial charge is 0.117 e. The zero-order valence-electron chi connectivity index (χ0n) is 11.6. The number of fused-ring (bicyclic) bond motifs is 1. The highest BCUT2D eigenvalue weighted by molar-refractivity contribution is 7.11. The van der Waals surface area contributed by atoms with Crippen LogP contribution in [0, 0.1) is 11.8 Å². The lowest BCUT2D eigenvalue weighted by Gasteiger charge is -2.27. The third kappa shape index (κ3) is 2.92. The monoisotopic (exact) mass is 274 g/mol. The Hall–Kier alpha value is -1.09. The molecule has 2 nitrogen and oxygen atoms in total. The maximum absolute atomic E-state index is 4.49. The summed E-state index contributed by atoms with van der Waals surface area (Å²) in [5.41, 5.74) is 1.12. The summed E-state index contributed by atoms with van der Waals surface area (Å²) >= 11 is 1.60. The summed E-state index contributed by atoms with van der Waals surface area (Å²) in [6, 6.07) is 8.39. The number of nitrogens with one attached hydrogen (secondary N) is 1. The zero-order valence-corrected chi connectivity index (χ0v) is 12.4. The van der Waals surface area contributed by atoms with Crippen LogP contribution in [0.2, 0.25) is 0 Å². The molecule has 3 heteroatoms. The molecule has 0 atom stereocenters. The molecule has 0 spiro atoms. The van der Waals surface area contributed by atoms with E-state index in [4.69, 9.17) is 0 Å². The molecule has 1 aromatic heterocycles. The van der Waals surface area contributed by atoms with Gasteiger partial charge in [-0.15, -0.1) is 0 Å². The van der Waals surface area contributed by atoms with E-state index in [9.17, 15) is 0 Å². The van der Waals surface area contributed by atoms with Crippen molar-refractivity contribution in [3.8, 4) is 0 Å². The van der Waals surface area contributed by atoms with Crippen LogP contribution in [0.25, 0.3) is 10.9 Å². The molecule has 102 valence electrons. The Morgan fingerprint density at radius 2 is 1.89 bits per heavy atom. The molecule has 1 aliphatic carbocycles. The van der Waals surface area contributed by atoms with Crippen LogP contribution >= 0.6 is 11.5 Å². The van der Waals surface area contributed by atoms with Gasteiger partial charge in [-0.3, -0.25) is 0 Å². The number of benzene rings is 1. The second-order valence-electron chi connectivity index (χ2n) is 5.70. The molecule has 1 N–H and O–H groups in total. The first-order chi connectivity index (χ1) is 9.36. The average Bonchev–Trinajstić information content (AvgIpc) is 2.89. The number of hydrogen-bond acceptors (Lipinski definition) is 3. The Morgan fingerprint density at radius 3 is 2.68 bits per heavy atom. The maximum Gasteiger partial charge on any atom is 0.117 e. The van der Waals surface area contributed by atoms with Gasteiger partial charge in [-0.2, -0.15) is 4.37 Å². The number of rotatable bonds is 4. The fraction of sp³-hybridized carbons (Fsp3) is 0.562. The number of aromatic nitrogens is 1. The highest BCUT2D eigenvalue weighted by Gasteiger charge is 2.20. The first kappa shape index (κ1) is 12.9. The molecule has 1 aliphatic rings. The summed E-state index contributed by atoms with van der Waals surface area (Å²) in [4.78, 5) is 0. The lowest BCUT2D eigenvalue weighted by Crippen LogP contribution is -2.20. The molecule has 0 amide bonds. The van der Waals surface area contributed by atoms with Crippen LogP contribution in [-0.4, -0.2) is 10.9 Å². The topological polar surface area (TPSA) is 24.9 Å². The molecular weight excluding hydrogens is 252 g/mol. The molecule has 0 aliphatic heterocycles. The molecule has 0 bridgehead atoms. The Labute approximate surface area is 119 Å². The van der Waals surface area contributed by atoms with Gasteiger partial charge in [-0.1, -0.05) is 38.3 Å². The zero-order chi connectivity index (χ0) is 13.1.